The summed E-state index contributed by atoms with van der Waals surface area (Å²) < 4.78 is 4.83. The smallest absolute Gasteiger partial charge is 0.303 e. The summed E-state index contributed by atoms with van der Waals surface area (Å²) in [6.45, 7) is 3.30. The number of aliphatic imine (C=N–C) groups is 1. The molecule has 0 fully saturated rings. The van der Waals surface area contributed by atoms with E-state index in [2.05, 4.69) is 4.99 Å². The van der Waals surface area contributed by atoms with Gasteiger partial charge in [0.15, 0.2) is 0 Å². The van der Waals surface area contributed by atoms with Crippen molar-refractivity contribution in [2.24, 2.45) is 10.9 Å². The van der Waals surface area contributed by atoms with E-state index in [4.69, 9.17) is 21.6 Å². The predicted octanol–water partition coefficient (Wildman–Crippen LogP) is 1.66. The Bertz CT molecular complexity index is 368. The molecule has 1 rings (SSSR count). The average molecular weight is 227 g/mol. The van der Waals surface area contributed by atoms with Crippen LogP contribution in [0.15, 0.2) is 16.8 Å². The molecule has 0 radical (unpaired) electrons. The molecule has 4 nitrogen and oxygen atoms in total. The summed E-state index contributed by atoms with van der Waals surface area (Å²) in [4.78, 5) is 14.7. The summed E-state index contributed by atoms with van der Waals surface area (Å²) in [7, 11) is 0. The van der Waals surface area contributed by atoms with E-state index in [9.17, 15) is 4.79 Å². The van der Waals surface area contributed by atoms with Crippen molar-refractivity contribution in [2.45, 2.75) is 19.2 Å². The van der Waals surface area contributed by atoms with Crippen LogP contribution < -0.4 is 0 Å². The number of alkyl halides is 1. The molecular weight excluding hydrogens is 216 g/mol. The van der Waals surface area contributed by atoms with E-state index in [1.54, 1.807) is 6.08 Å². The fraction of sp³-hybridized carbons (Fsp3) is 0.500. The van der Waals surface area contributed by atoms with Gasteiger partial charge in [0, 0.05) is 12.8 Å². The molecule has 0 aliphatic carbocycles. The van der Waals surface area contributed by atoms with Crippen LogP contribution in [0, 0.1) is 17.2 Å². The number of carbonyl (C=O) groups excluding carboxylic acids is 1. The van der Waals surface area contributed by atoms with Gasteiger partial charge in [0.1, 0.15) is 18.4 Å². The zero-order valence-corrected chi connectivity index (χ0v) is 9.28. The van der Waals surface area contributed by atoms with Crippen molar-refractivity contribution in [3.8, 4) is 6.07 Å². The first-order valence-electron chi connectivity index (χ1n) is 4.51. The summed E-state index contributed by atoms with van der Waals surface area (Å²) in [5.74, 6) is -0.396. The van der Waals surface area contributed by atoms with Gasteiger partial charge in [-0.15, -0.1) is 11.6 Å². The van der Waals surface area contributed by atoms with Gasteiger partial charge in [-0.1, -0.05) is 6.92 Å². The summed E-state index contributed by atoms with van der Waals surface area (Å²) in [6.07, 6.45) is 1.60. The molecule has 2 unspecified atom stereocenters. The molecule has 0 aromatic rings. The maximum absolute atomic E-state index is 10.6. The lowest BCUT2D eigenvalue weighted by Crippen LogP contribution is -2.28. The Hall–Kier alpha value is -1.34. The lowest BCUT2D eigenvalue weighted by molar-refractivity contribution is -0.139. The van der Waals surface area contributed by atoms with Crippen molar-refractivity contribution < 1.29 is 9.53 Å². The van der Waals surface area contributed by atoms with E-state index in [-0.39, 0.29) is 29.6 Å². The molecule has 0 saturated carbocycles. The molecule has 0 aromatic heterocycles. The molecule has 1 aliphatic rings. The summed E-state index contributed by atoms with van der Waals surface area (Å²) in [5, 5.41) is 8.42. The quantitative estimate of drug-likeness (QED) is 0.531. The van der Waals surface area contributed by atoms with Gasteiger partial charge in [-0.2, -0.15) is 5.26 Å². The van der Waals surface area contributed by atoms with Crippen LogP contribution in [-0.4, -0.2) is 23.7 Å². The van der Waals surface area contributed by atoms with Gasteiger partial charge in [-0.25, -0.2) is 4.99 Å². The second-order valence-corrected chi connectivity index (χ2v) is 3.78. The first kappa shape index (κ1) is 11.7. The SMILES string of the molecule is CC(=O)OCC1=NC(C#N)=CC(Cl)C1C. The maximum atomic E-state index is 10.6. The van der Waals surface area contributed by atoms with Gasteiger partial charge in [-0.3, -0.25) is 4.79 Å². The second-order valence-electron chi connectivity index (χ2n) is 3.28. The molecule has 1 heterocycles. The number of esters is 1. The minimum Gasteiger partial charge on any atom is -0.460 e. The number of hydrogen-bond donors (Lipinski definition) is 0. The summed E-state index contributed by atoms with van der Waals surface area (Å²) in [5.41, 5.74) is 0.902. The fourth-order valence-corrected chi connectivity index (χ4v) is 1.44. The molecule has 0 spiro atoms. The molecule has 0 amide bonds. The van der Waals surface area contributed by atoms with Gasteiger partial charge >= 0.3 is 5.97 Å². The third kappa shape index (κ3) is 3.07. The first-order chi connectivity index (χ1) is 7.04. The molecule has 5 heteroatoms. The number of hydrogen-bond acceptors (Lipinski definition) is 4. The van der Waals surface area contributed by atoms with E-state index in [1.165, 1.54) is 6.92 Å². The monoisotopic (exact) mass is 226 g/mol. The molecule has 0 saturated heterocycles. The molecule has 80 valence electrons. The van der Waals surface area contributed by atoms with Crippen LogP contribution >= 0.6 is 11.6 Å². The van der Waals surface area contributed by atoms with Crippen LogP contribution in [0.2, 0.25) is 0 Å². The Kier molecular flexibility index (Phi) is 3.87. The second kappa shape index (κ2) is 4.94. The van der Waals surface area contributed by atoms with Gasteiger partial charge in [0.25, 0.3) is 0 Å². The third-order valence-corrected chi connectivity index (χ3v) is 2.63. The minimum absolute atomic E-state index is 0.0249. The van der Waals surface area contributed by atoms with E-state index in [1.807, 2.05) is 13.0 Å². The van der Waals surface area contributed by atoms with Crippen LogP contribution in [0.4, 0.5) is 0 Å². The van der Waals surface area contributed by atoms with Crippen molar-refractivity contribution >= 4 is 23.3 Å². The highest BCUT2D eigenvalue weighted by Gasteiger charge is 2.24. The van der Waals surface area contributed by atoms with Crippen molar-refractivity contribution in [3.05, 3.63) is 11.8 Å². The van der Waals surface area contributed by atoms with Crippen LogP contribution in [0.1, 0.15) is 13.8 Å². The standard InChI is InChI=1S/C10H11ClN2O2/c1-6-9(11)3-8(4-12)13-10(6)5-15-7(2)14/h3,6,9H,5H2,1-2H3. The lowest BCUT2D eigenvalue weighted by Gasteiger charge is -2.21. The Morgan fingerprint density at radius 3 is 3.00 bits per heavy atom. The number of nitriles is 1. The lowest BCUT2D eigenvalue weighted by atomic mass is 9.98. The molecule has 0 aromatic carbocycles. The molecule has 2 atom stereocenters. The number of allylic oxidation sites excluding steroid dienone is 2. The number of ether oxygens (including phenoxy) is 1. The van der Waals surface area contributed by atoms with Crippen molar-refractivity contribution in [1.82, 2.24) is 0 Å². The zero-order valence-electron chi connectivity index (χ0n) is 8.53. The van der Waals surface area contributed by atoms with Crippen LogP contribution in [0.3, 0.4) is 0 Å². The summed E-state index contributed by atoms with van der Waals surface area (Å²) in [6, 6.07) is 1.92. The number of rotatable bonds is 2. The van der Waals surface area contributed by atoms with E-state index >= 15 is 0 Å². The number of carbonyl (C=O) groups is 1. The van der Waals surface area contributed by atoms with Gasteiger partial charge in [-0.05, 0) is 6.08 Å². The van der Waals surface area contributed by atoms with Crippen molar-refractivity contribution in [2.75, 3.05) is 6.61 Å². The predicted molar refractivity (Wildman–Crippen MR) is 56.6 cm³/mol. The van der Waals surface area contributed by atoms with E-state index in [0.717, 1.165) is 0 Å². The Balaban J connectivity index is 2.77. The molecule has 0 bridgehead atoms. The van der Waals surface area contributed by atoms with Gasteiger partial charge < -0.3 is 4.74 Å². The third-order valence-electron chi connectivity index (χ3n) is 2.12. The highest BCUT2D eigenvalue weighted by atomic mass is 35.5. The Morgan fingerprint density at radius 1 is 1.80 bits per heavy atom. The van der Waals surface area contributed by atoms with Crippen molar-refractivity contribution in [1.29, 1.82) is 5.26 Å². The molecular formula is C10H11ClN2O2. The number of nitrogens with zero attached hydrogens (tertiary/aromatic N) is 2. The highest BCUT2D eigenvalue weighted by molar-refractivity contribution is 6.24. The highest BCUT2D eigenvalue weighted by Crippen LogP contribution is 2.22. The minimum atomic E-state index is -0.371. The van der Waals surface area contributed by atoms with Crippen LogP contribution in [-0.2, 0) is 9.53 Å². The zero-order chi connectivity index (χ0) is 11.4. The van der Waals surface area contributed by atoms with Gasteiger partial charge in [0.2, 0.25) is 0 Å². The van der Waals surface area contributed by atoms with Gasteiger partial charge in [0.05, 0.1) is 11.1 Å². The van der Waals surface area contributed by atoms with Crippen LogP contribution in [0.25, 0.3) is 0 Å². The van der Waals surface area contributed by atoms with Crippen molar-refractivity contribution in [3.63, 3.8) is 0 Å². The number of halogens is 1. The topological polar surface area (TPSA) is 62.4 Å². The molecule has 0 N–H and O–H groups in total. The van der Waals surface area contributed by atoms with E-state index < -0.39 is 0 Å². The first-order valence-corrected chi connectivity index (χ1v) is 4.95. The average Bonchev–Trinajstić information content (AvgIpc) is 2.19. The largest absolute Gasteiger partial charge is 0.460 e. The maximum Gasteiger partial charge on any atom is 0.303 e. The molecule has 1 aliphatic heterocycles. The van der Waals surface area contributed by atoms with Crippen LogP contribution in [0.5, 0.6) is 0 Å². The Labute approximate surface area is 93.2 Å². The Morgan fingerprint density at radius 2 is 2.47 bits per heavy atom. The molecule has 15 heavy (non-hydrogen) atoms. The van der Waals surface area contributed by atoms with E-state index in [0.29, 0.717) is 5.71 Å². The fourth-order valence-electron chi connectivity index (χ4n) is 1.17. The normalized spacial score (nSPS) is 24.9. The summed E-state index contributed by atoms with van der Waals surface area (Å²) >= 11 is 6.00.